The highest BCUT2D eigenvalue weighted by Crippen LogP contribution is 2.59. The molecule has 2 aromatic carbocycles. The number of benzene rings is 2. The van der Waals surface area contributed by atoms with E-state index in [9.17, 15) is 0 Å². The van der Waals surface area contributed by atoms with Crippen LogP contribution in [0.4, 0.5) is 5.69 Å². The summed E-state index contributed by atoms with van der Waals surface area (Å²) >= 11 is 2.87. The third-order valence-electron chi connectivity index (χ3n) is 12.5. The molecule has 0 bridgehead atoms. The number of nitrogens with zero attached hydrogens (tertiary/aromatic N) is 3. The molecule has 9 rings (SSSR count). The summed E-state index contributed by atoms with van der Waals surface area (Å²) in [4.78, 5) is 10.2. The van der Waals surface area contributed by atoms with Gasteiger partial charge in [0.05, 0.1) is 12.1 Å². The van der Waals surface area contributed by atoms with Gasteiger partial charge in [0.2, 0.25) is 0 Å². The molecule has 0 N–H and O–H groups in total. The quantitative estimate of drug-likeness (QED) is 0.224. The van der Waals surface area contributed by atoms with Crippen LogP contribution in [0.2, 0.25) is 0 Å². The predicted molar refractivity (Wildman–Crippen MR) is 209 cm³/mol. The Hall–Kier alpha value is -3.22. The number of para-hydroxylation sites is 1. The number of anilines is 1. The zero-order chi connectivity index (χ0) is 32.5. The van der Waals surface area contributed by atoms with Crippen molar-refractivity contribution in [2.24, 2.45) is 16.3 Å². The second kappa shape index (κ2) is 12.0. The van der Waals surface area contributed by atoms with Crippen molar-refractivity contribution in [1.29, 1.82) is 0 Å². The van der Waals surface area contributed by atoms with Crippen molar-refractivity contribution < 1.29 is 0 Å². The Balaban J connectivity index is 1.04. The van der Waals surface area contributed by atoms with Gasteiger partial charge in [-0.25, -0.2) is 0 Å². The van der Waals surface area contributed by atoms with Gasteiger partial charge in [-0.15, -0.1) is 0 Å². The summed E-state index contributed by atoms with van der Waals surface area (Å²) in [5.74, 6) is 0.991. The summed E-state index contributed by atoms with van der Waals surface area (Å²) < 4.78 is 0.313. The molecule has 3 nitrogen and oxygen atoms in total. The van der Waals surface area contributed by atoms with Gasteiger partial charge in [0.15, 0.2) is 0 Å². The lowest BCUT2D eigenvalue weighted by atomic mass is 9.77. The van der Waals surface area contributed by atoms with Gasteiger partial charge in [-0.3, -0.25) is 9.89 Å². The van der Waals surface area contributed by atoms with Crippen LogP contribution in [0.3, 0.4) is 0 Å². The minimum atomic E-state index is -0.0415. The molecule has 2 aromatic rings. The average Bonchev–Trinajstić information content (AvgIpc) is 3.53. The number of hydrogen-bond acceptors (Lipinski definition) is 3. The maximum absolute atomic E-state index is 4.70. The van der Waals surface area contributed by atoms with Crippen molar-refractivity contribution in [2.75, 3.05) is 4.90 Å². The van der Waals surface area contributed by atoms with Gasteiger partial charge in [-0.1, -0.05) is 140 Å². The summed E-state index contributed by atoms with van der Waals surface area (Å²) in [5, 5.41) is 0. The van der Waals surface area contributed by atoms with Crippen LogP contribution in [0.25, 0.3) is 0 Å². The van der Waals surface area contributed by atoms with Crippen LogP contribution in [-0.2, 0) is 0 Å². The molecular formula is C44H46IN3. The molecule has 0 aromatic heterocycles. The normalized spacial score (nSPS) is 34.5. The van der Waals surface area contributed by atoms with E-state index in [2.05, 4.69) is 168 Å². The molecule has 7 aliphatic rings. The lowest BCUT2D eigenvalue weighted by Crippen LogP contribution is -2.49. The van der Waals surface area contributed by atoms with Crippen LogP contribution in [0.5, 0.6) is 0 Å². The fourth-order valence-corrected chi connectivity index (χ4v) is 11.8. The number of halogens is 1. The van der Waals surface area contributed by atoms with Gasteiger partial charge >= 0.3 is 0 Å². The molecule has 2 aliphatic heterocycles. The van der Waals surface area contributed by atoms with E-state index in [1.165, 1.54) is 64.9 Å². The van der Waals surface area contributed by atoms with Crippen LogP contribution in [0.15, 0.2) is 148 Å². The molecule has 0 amide bonds. The first-order valence-electron chi connectivity index (χ1n) is 18.2. The Kier molecular flexibility index (Phi) is 7.69. The van der Waals surface area contributed by atoms with Gasteiger partial charge in [0.1, 0.15) is 0 Å². The number of alkyl halides is 1. The molecule has 0 radical (unpaired) electrons. The minimum Gasteiger partial charge on any atom is -0.335 e. The minimum absolute atomic E-state index is 0.0415. The molecule has 5 aliphatic carbocycles. The Labute approximate surface area is 300 Å². The largest absolute Gasteiger partial charge is 0.335 e. The number of fused-ring (bicyclic) bond motifs is 6. The van der Waals surface area contributed by atoms with Crippen molar-refractivity contribution in [1.82, 2.24) is 4.90 Å². The smallest absolute Gasteiger partial charge is 0.0563 e. The Morgan fingerprint density at radius 1 is 0.833 bits per heavy atom. The SMILES string of the molecule is CC1(C)C2=CC(N(C3=CCC(c4ccccc4)C=C3)c3ccccc3)CC=C2C2=CCC(N3C4C=NC=CC4C4(I)CCCCC34)C=C21. The van der Waals surface area contributed by atoms with E-state index in [0.717, 1.165) is 19.3 Å². The Morgan fingerprint density at radius 2 is 1.58 bits per heavy atom. The van der Waals surface area contributed by atoms with Gasteiger partial charge in [-0.2, -0.15) is 0 Å². The first-order valence-corrected chi connectivity index (χ1v) is 19.3. The number of rotatable bonds is 5. The van der Waals surface area contributed by atoms with Gasteiger partial charge < -0.3 is 4.90 Å². The highest BCUT2D eigenvalue weighted by Gasteiger charge is 2.59. The fourth-order valence-electron chi connectivity index (χ4n) is 10.2. The van der Waals surface area contributed by atoms with E-state index in [-0.39, 0.29) is 11.5 Å². The van der Waals surface area contributed by atoms with E-state index in [1.54, 1.807) is 0 Å². The number of likely N-dealkylation sites (tertiary alicyclic amines) is 1. The van der Waals surface area contributed by atoms with Crippen molar-refractivity contribution in [3.63, 3.8) is 0 Å². The molecule has 0 spiro atoms. The number of allylic oxidation sites excluding steroid dienone is 7. The standard InChI is InChI=1S/C44H46IN3/c1-43(2)39-27-34(47(32-13-7-4-8-14-32)33-18-16-31(17-19-33)30-11-5-3-6-12-30)20-22-36(39)37-23-21-35(28-40(37)43)48-41-29-46-26-24-38(41)44(45)25-10-9-15-42(44)48/h3-8,11-14,16,18-19,22-24,26-29,31,34-35,38,41-42H,9-10,15,17,20-21,25H2,1-2H3. The summed E-state index contributed by atoms with van der Waals surface area (Å²) in [6.07, 6.45) is 32.9. The molecule has 7 atom stereocenters. The Bertz CT molecular complexity index is 1840. The first kappa shape index (κ1) is 30.8. The van der Waals surface area contributed by atoms with E-state index < -0.39 is 0 Å². The number of aliphatic imine (C=N–C) groups is 1. The van der Waals surface area contributed by atoms with E-state index in [1.807, 2.05) is 0 Å². The van der Waals surface area contributed by atoms with Crippen LogP contribution < -0.4 is 4.90 Å². The second-order valence-corrected chi connectivity index (χ2v) is 17.4. The highest BCUT2D eigenvalue weighted by atomic mass is 127. The monoisotopic (exact) mass is 743 g/mol. The molecule has 2 saturated carbocycles. The van der Waals surface area contributed by atoms with Crippen LogP contribution in [0, 0.1) is 11.3 Å². The third-order valence-corrected chi connectivity index (χ3v) is 14.5. The molecule has 4 heteroatoms. The molecular weight excluding hydrogens is 697 g/mol. The van der Waals surface area contributed by atoms with Gasteiger partial charge in [-0.05, 0) is 78.2 Å². The summed E-state index contributed by atoms with van der Waals surface area (Å²) in [5.41, 5.74) is 9.93. The van der Waals surface area contributed by atoms with Crippen LogP contribution in [-0.4, -0.2) is 38.7 Å². The van der Waals surface area contributed by atoms with E-state index in [4.69, 9.17) is 4.99 Å². The zero-order valence-electron chi connectivity index (χ0n) is 28.2. The van der Waals surface area contributed by atoms with Crippen molar-refractivity contribution in [3.8, 4) is 0 Å². The first-order chi connectivity index (χ1) is 23.4. The maximum atomic E-state index is 4.70. The molecule has 2 heterocycles. The van der Waals surface area contributed by atoms with Crippen LogP contribution >= 0.6 is 22.6 Å². The zero-order valence-corrected chi connectivity index (χ0v) is 30.3. The highest BCUT2D eigenvalue weighted by molar-refractivity contribution is 14.1. The predicted octanol–water partition coefficient (Wildman–Crippen LogP) is 10.4. The third kappa shape index (κ3) is 4.87. The topological polar surface area (TPSA) is 18.8 Å². The van der Waals surface area contributed by atoms with Gasteiger partial charge in [0.25, 0.3) is 0 Å². The summed E-state index contributed by atoms with van der Waals surface area (Å²) in [6, 6.07) is 23.6. The van der Waals surface area contributed by atoms with Gasteiger partial charge in [0, 0.05) is 56.6 Å². The summed E-state index contributed by atoms with van der Waals surface area (Å²) in [6.45, 7) is 4.95. The van der Waals surface area contributed by atoms with Crippen molar-refractivity contribution in [3.05, 3.63) is 149 Å². The lowest BCUT2D eigenvalue weighted by molar-refractivity contribution is 0.153. The fraction of sp³-hybridized carbons (Fsp3) is 0.386. The number of hydrogen-bond donors (Lipinski definition) is 0. The van der Waals surface area contributed by atoms with Crippen molar-refractivity contribution in [2.45, 2.75) is 92.3 Å². The molecule has 7 unspecified atom stereocenters. The molecule has 1 saturated heterocycles. The average molecular weight is 744 g/mol. The lowest BCUT2D eigenvalue weighted by Gasteiger charge is -2.42. The molecule has 244 valence electrons. The molecule has 48 heavy (non-hydrogen) atoms. The van der Waals surface area contributed by atoms with E-state index >= 15 is 0 Å². The molecule has 3 fully saturated rings. The van der Waals surface area contributed by atoms with Crippen LogP contribution in [0.1, 0.15) is 70.3 Å². The Morgan fingerprint density at radius 3 is 2.35 bits per heavy atom. The second-order valence-electron chi connectivity index (χ2n) is 15.4. The maximum Gasteiger partial charge on any atom is 0.0563 e. The van der Waals surface area contributed by atoms with E-state index in [0.29, 0.717) is 33.4 Å². The van der Waals surface area contributed by atoms with Crippen molar-refractivity contribution >= 4 is 34.5 Å². The summed E-state index contributed by atoms with van der Waals surface area (Å²) in [7, 11) is 0.